The maximum Gasteiger partial charge on any atom is 0.276 e. The van der Waals surface area contributed by atoms with E-state index in [9.17, 15) is 18.0 Å². The van der Waals surface area contributed by atoms with E-state index in [4.69, 9.17) is 0 Å². The summed E-state index contributed by atoms with van der Waals surface area (Å²) >= 11 is 0. The summed E-state index contributed by atoms with van der Waals surface area (Å²) in [6.45, 7) is 2.36. The first-order chi connectivity index (χ1) is 12.9. The number of aromatic nitrogens is 2. The molecule has 1 aromatic carbocycles. The van der Waals surface area contributed by atoms with Crippen LogP contribution < -0.4 is 10.9 Å². The van der Waals surface area contributed by atoms with Crippen molar-refractivity contribution in [1.82, 2.24) is 9.78 Å². The fraction of sp³-hybridized carbons (Fsp3) is 0.421. The van der Waals surface area contributed by atoms with Crippen LogP contribution in [0.4, 0.5) is 5.69 Å². The second kappa shape index (κ2) is 8.04. The SMILES string of the molecule is CCCn1nc(C(=O)Nc2ccc(S(=O)(=O)C3CCCC3)cc2)ccc1=O. The normalized spacial score (nSPS) is 15.0. The summed E-state index contributed by atoms with van der Waals surface area (Å²) in [5.41, 5.74) is 0.348. The van der Waals surface area contributed by atoms with E-state index >= 15 is 0 Å². The molecule has 1 aliphatic rings. The molecule has 0 atom stereocenters. The fourth-order valence-electron chi connectivity index (χ4n) is 3.26. The van der Waals surface area contributed by atoms with Gasteiger partial charge in [-0.15, -0.1) is 0 Å². The maximum absolute atomic E-state index is 12.6. The monoisotopic (exact) mass is 389 g/mol. The third-order valence-corrected chi connectivity index (χ3v) is 6.99. The number of carbonyl (C=O) groups is 1. The van der Waals surface area contributed by atoms with Gasteiger partial charge in [0.25, 0.3) is 11.5 Å². The molecule has 3 rings (SSSR count). The van der Waals surface area contributed by atoms with Crippen molar-refractivity contribution in [2.45, 2.75) is 55.7 Å². The summed E-state index contributed by atoms with van der Waals surface area (Å²) < 4.78 is 26.4. The molecule has 7 nitrogen and oxygen atoms in total. The summed E-state index contributed by atoms with van der Waals surface area (Å²) in [4.78, 5) is 24.3. The number of rotatable bonds is 6. The second-order valence-electron chi connectivity index (χ2n) is 6.71. The first-order valence-electron chi connectivity index (χ1n) is 9.15. The molecule has 1 aromatic heterocycles. The van der Waals surface area contributed by atoms with Gasteiger partial charge in [-0.1, -0.05) is 19.8 Å². The van der Waals surface area contributed by atoms with Crippen LogP contribution in [0.15, 0.2) is 46.1 Å². The Hall–Kier alpha value is -2.48. The van der Waals surface area contributed by atoms with Gasteiger partial charge in [-0.3, -0.25) is 9.59 Å². The van der Waals surface area contributed by atoms with Crippen LogP contribution in [0.3, 0.4) is 0 Å². The number of anilines is 1. The lowest BCUT2D eigenvalue weighted by Gasteiger charge is -2.12. The Balaban J connectivity index is 1.74. The van der Waals surface area contributed by atoms with Gasteiger partial charge >= 0.3 is 0 Å². The number of nitrogens with one attached hydrogen (secondary N) is 1. The van der Waals surface area contributed by atoms with E-state index in [0.717, 1.165) is 19.3 Å². The number of amides is 1. The average Bonchev–Trinajstić information content (AvgIpc) is 3.20. The standard InChI is InChI=1S/C19H23N3O4S/c1-2-13-22-18(23)12-11-17(21-22)19(24)20-14-7-9-16(10-8-14)27(25,26)15-5-3-4-6-15/h7-12,15H,2-6,13H2,1H3,(H,20,24). The Morgan fingerprint density at radius 3 is 2.44 bits per heavy atom. The van der Waals surface area contributed by atoms with E-state index < -0.39 is 15.7 Å². The van der Waals surface area contributed by atoms with Crippen molar-refractivity contribution in [3.8, 4) is 0 Å². The fourth-order valence-corrected chi connectivity index (χ4v) is 5.11. The molecular weight excluding hydrogens is 366 g/mol. The summed E-state index contributed by atoms with van der Waals surface area (Å²) in [7, 11) is -3.32. The van der Waals surface area contributed by atoms with E-state index in [1.807, 2.05) is 6.92 Å². The maximum atomic E-state index is 12.6. The van der Waals surface area contributed by atoms with Gasteiger partial charge in [0.15, 0.2) is 9.84 Å². The number of hydrogen-bond acceptors (Lipinski definition) is 5. The number of hydrogen-bond donors (Lipinski definition) is 1. The molecular formula is C19H23N3O4S. The highest BCUT2D eigenvalue weighted by Gasteiger charge is 2.30. The van der Waals surface area contributed by atoms with Crippen LogP contribution in [0.5, 0.6) is 0 Å². The lowest BCUT2D eigenvalue weighted by molar-refractivity contribution is 0.101. The molecule has 0 unspecified atom stereocenters. The smallest absolute Gasteiger partial charge is 0.276 e. The Labute approximate surface area is 158 Å². The Bertz CT molecular complexity index is 975. The van der Waals surface area contributed by atoms with Crippen LogP contribution in [-0.2, 0) is 16.4 Å². The van der Waals surface area contributed by atoms with Crippen LogP contribution in [0.2, 0.25) is 0 Å². The topological polar surface area (TPSA) is 98.1 Å². The van der Waals surface area contributed by atoms with E-state index in [2.05, 4.69) is 10.4 Å². The van der Waals surface area contributed by atoms with Gasteiger partial charge < -0.3 is 5.32 Å². The Morgan fingerprint density at radius 1 is 1.15 bits per heavy atom. The van der Waals surface area contributed by atoms with Crippen LogP contribution in [0.25, 0.3) is 0 Å². The molecule has 0 saturated heterocycles. The lowest BCUT2D eigenvalue weighted by atomic mass is 10.3. The van der Waals surface area contributed by atoms with E-state index in [1.54, 1.807) is 12.1 Å². The highest BCUT2D eigenvalue weighted by Crippen LogP contribution is 2.30. The predicted octanol–water partition coefficient (Wildman–Crippen LogP) is 2.62. The summed E-state index contributed by atoms with van der Waals surface area (Å²) in [6.07, 6.45) is 4.05. The number of aryl methyl sites for hydroxylation is 1. The van der Waals surface area contributed by atoms with Crippen LogP contribution in [0, 0.1) is 0 Å². The van der Waals surface area contributed by atoms with Gasteiger partial charge in [-0.05, 0) is 49.6 Å². The molecule has 1 heterocycles. The highest BCUT2D eigenvalue weighted by molar-refractivity contribution is 7.92. The summed E-state index contributed by atoms with van der Waals surface area (Å²) in [5, 5.41) is 6.44. The highest BCUT2D eigenvalue weighted by atomic mass is 32.2. The predicted molar refractivity (Wildman–Crippen MR) is 103 cm³/mol. The molecule has 1 aliphatic carbocycles. The largest absolute Gasteiger partial charge is 0.321 e. The zero-order valence-corrected chi connectivity index (χ0v) is 16.0. The van der Waals surface area contributed by atoms with Crippen LogP contribution in [0.1, 0.15) is 49.5 Å². The van der Waals surface area contributed by atoms with Gasteiger partial charge in [0.2, 0.25) is 0 Å². The molecule has 144 valence electrons. The van der Waals surface area contributed by atoms with Crippen molar-refractivity contribution >= 4 is 21.4 Å². The van der Waals surface area contributed by atoms with Crippen molar-refractivity contribution in [3.63, 3.8) is 0 Å². The third kappa shape index (κ3) is 4.27. The molecule has 8 heteroatoms. The van der Waals surface area contributed by atoms with Crippen LogP contribution in [-0.4, -0.2) is 29.4 Å². The molecule has 0 bridgehead atoms. The van der Waals surface area contributed by atoms with E-state index in [0.29, 0.717) is 25.1 Å². The molecule has 0 spiro atoms. The molecule has 1 amide bonds. The molecule has 1 N–H and O–H groups in total. The molecule has 27 heavy (non-hydrogen) atoms. The van der Waals surface area contributed by atoms with Crippen molar-refractivity contribution in [3.05, 3.63) is 52.4 Å². The lowest BCUT2D eigenvalue weighted by Crippen LogP contribution is -2.26. The minimum absolute atomic E-state index is 0.130. The Morgan fingerprint density at radius 2 is 1.81 bits per heavy atom. The van der Waals surface area contributed by atoms with Gasteiger partial charge in [0, 0.05) is 18.3 Å². The number of sulfone groups is 1. The first kappa shape index (κ1) is 19.3. The number of nitrogens with zero attached hydrogens (tertiary/aromatic N) is 2. The molecule has 0 aliphatic heterocycles. The second-order valence-corrected chi connectivity index (χ2v) is 8.94. The number of carbonyl (C=O) groups excluding carboxylic acids is 1. The number of benzene rings is 1. The summed E-state index contributed by atoms with van der Waals surface area (Å²) in [5.74, 6) is -0.453. The quantitative estimate of drug-likeness (QED) is 0.819. The minimum Gasteiger partial charge on any atom is -0.321 e. The molecule has 2 aromatic rings. The zero-order valence-electron chi connectivity index (χ0n) is 15.2. The van der Waals surface area contributed by atoms with Crippen LogP contribution >= 0.6 is 0 Å². The first-order valence-corrected chi connectivity index (χ1v) is 10.7. The van der Waals surface area contributed by atoms with Crippen molar-refractivity contribution in [2.75, 3.05) is 5.32 Å². The zero-order chi connectivity index (χ0) is 19.4. The van der Waals surface area contributed by atoms with Gasteiger partial charge in [-0.2, -0.15) is 5.10 Å². The molecule has 1 fully saturated rings. The molecule has 1 saturated carbocycles. The van der Waals surface area contributed by atoms with Gasteiger partial charge in [-0.25, -0.2) is 13.1 Å². The minimum atomic E-state index is -3.32. The van der Waals surface area contributed by atoms with E-state index in [1.165, 1.54) is 28.9 Å². The molecule has 0 radical (unpaired) electrons. The van der Waals surface area contributed by atoms with Gasteiger partial charge in [0.05, 0.1) is 10.1 Å². The average molecular weight is 389 g/mol. The Kier molecular flexibility index (Phi) is 5.74. The van der Waals surface area contributed by atoms with Crippen molar-refractivity contribution < 1.29 is 13.2 Å². The third-order valence-electron chi connectivity index (χ3n) is 4.72. The van der Waals surface area contributed by atoms with Gasteiger partial charge in [0.1, 0.15) is 5.69 Å². The summed E-state index contributed by atoms with van der Waals surface area (Å²) in [6, 6.07) is 8.88. The van der Waals surface area contributed by atoms with Crippen molar-refractivity contribution in [1.29, 1.82) is 0 Å². The van der Waals surface area contributed by atoms with Crippen molar-refractivity contribution in [2.24, 2.45) is 0 Å². The van der Waals surface area contributed by atoms with E-state index in [-0.39, 0.29) is 21.4 Å².